The van der Waals surface area contributed by atoms with E-state index in [0.717, 1.165) is 35.3 Å². The molecule has 0 amide bonds. The molecule has 1 atom stereocenters. The van der Waals surface area contributed by atoms with Crippen LogP contribution in [0, 0.1) is 0 Å². The fourth-order valence-corrected chi connectivity index (χ4v) is 3.06. The van der Waals surface area contributed by atoms with Crippen molar-refractivity contribution in [2.45, 2.75) is 32.2 Å². The average molecular weight is 277 g/mol. The highest BCUT2D eigenvalue weighted by Gasteiger charge is 2.34. The van der Waals surface area contributed by atoms with E-state index < -0.39 is 0 Å². The number of rotatable bonds is 3. The van der Waals surface area contributed by atoms with E-state index >= 15 is 0 Å². The predicted octanol–water partition coefficient (Wildman–Crippen LogP) is 1.23. The highest BCUT2D eigenvalue weighted by molar-refractivity contribution is 5.96. The number of esters is 1. The zero-order valence-electron chi connectivity index (χ0n) is 11.8. The quantitative estimate of drug-likeness (QED) is 0.841. The molecule has 2 aliphatic rings. The third-order valence-corrected chi connectivity index (χ3v) is 3.83. The molecule has 0 bridgehead atoms. The van der Waals surface area contributed by atoms with Crippen LogP contribution in [0.2, 0.25) is 0 Å². The summed E-state index contributed by atoms with van der Waals surface area (Å²) in [5, 5.41) is 0. The van der Waals surface area contributed by atoms with Gasteiger partial charge >= 0.3 is 5.97 Å². The minimum atomic E-state index is -0.350. The Bertz CT molecular complexity index is 530. The van der Waals surface area contributed by atoms with Gasteiger partial charge in [-0.25, -0.2) is 4.79 Å². The van der Waals surface area contributed by atoms with Crippen molar-refractivity contribution in [3.05, 3.63) is 22.3 Å². The summed E-state index contributed by atoms with van der Waals surface area (Å²) in [4.78, 5) is 12.1. The molecule has 2 N–H and O–H groups in total. The zero-order valence-corrected chi connectivity index (χ0v) is 11.8. The fraction of sp³-hybridized carbons (Fsp3) is 0.533. The molecule has 0 aromatic heterocycles. The Balaban J connectivity index is 2.22. The second-order valence-electron chi connectivity index (χ2n) is 5.34. The summed E-state index contributed by atoms with van der Waals surface area (Å²) < 4.78 is 16.4. The Labute approximate surface area is 118 Å². The summed E-state index contributed by atoms with van der Waals surface area (Å²) in [5.74, 6) is 1.15. The molecule has 0 aliphatic carbocycles. The van der Waals surface area contributed by atoms with Crippen molar-refractivity contribution in [2.75, 3.05) is 20.3 Å². The Morgan fingerprint density at radius 1 is 1.25 bits per heavy atom. The number of nitrogens with two attached hydrogens (primary N) is 1. The first-order valence-electron chi connectivity index (χ1n) is 6.93. The van der Waals surface area contributed by atoms with Crippen LogP contribution in [0.1, 0.15) is 34.0 Å². The molecule has 2 heterocycles. The van der Waals surface area contributed by atoms with Crippen LogP contribution < -0.4 is 15.2 Å². The van der Waals surface area contributed by atoms with E-state index in [0.29, 0.717) is 30.9 Å². The number of benzene rings is 1. The topological polar surface area (TPSA) is 70.8 Å². The standard InChI is InChI=1S/C15H19NO4/c1-8(16)7-11-9-3-5-20-14(9)12(15(17)18-2)10-4-6-19-13(10)11/h8H,3-7,16H2,1-2H3/t8-/m1/s1. The van der Waals surface area contributed by atoms with Gasteiger partial charge in [0, 0.05) is 35.6 Å². The van der Waals surface area contributed by atoms with Crippen LogP contribution in [0.5, 0.6) is 11.5 Å². The lowest BCUT2D eigenvalue weighted by atomic mass is 9.91. The second-order valence-corrected chi connectivity index (χ2v) is 5.34. The van der Waals surface area contributed by atoms with Crippen LogP contribution in [0.4, 0.5) is 0 Å². The van der Waals surface area contributed by atoms with Gasteiger partial charge in [0.25, 0.3) is 0 Å². The van der Waals surface area contributed by atoms with Crippen LogP contribution in [-0.2, 0) is 24.0 Å². The van der Waals surface area contributed by atoms with E-state index in [1.54, 1.807) is 0 Å². The Hall–Kier alpha value is -1.75. The maximum atomic E-state index is 12.1. The Morgan fingerprint density at radius 3 is 2.55 bits per heavy atom. The molecule has 0 saturated carbocycles. The smallest absolute Gasteiger partial charge is 0.342 e. The van der Waals surface area contributed by atoms with Crippen molar-refractivity contribution in [3.8, 4) is 11.5 Å². The van der Waals surface area contributed by atoms with Gasteiger partial charge in [0.1, 0.15) is 17.1 Å². The molecule has 1 aromatic rings. The van der Waals surface area contributed by atoms with E-state index in [1.165, 1.54) is 7.11 Å². The van der Waals surface area contributed by atoms with Crippen molar-refractivity contribution in [2.24, 2.45) is 5.73 Å². The molecule has 0 saturated heterocycles. The van der Waals surface area contributed by atoms with E-state index in [9.17, 15) is 4.79 Å². The van der Waals surface area contributed by atoms with Crippen LogP contribution in [-0.4, -0.2) is 32.3 Å². The molecule has 20 heavy (non-hydrogen) atoms. The van der Waals surface area contributed by atoms with Crippen LogP contribution >= 0.6 is 0 Å². The van der Waals surface area contributed by atoms with Crippen molar-refractivity contribution in [3.63, 3.8) is 0 Å². The number of fused-ring (bicyclic) bond motifs is 2. The first kappa shape index (κ1) is 13.2. The zero-order chi connectivity index (χ0) is 14.3. The highest BCUT2D eigenvalue weighted by atomic mass is 16.5. The molecule has 5 heteroatoms. The molecule has 5 nitrogen and oxygen atoms in total. The summed E-state index contributed by atoms with van der Waals surface area (Å²) in [6.07, 6.45) is 2.23. The maximum absolute atomic E-state index is 12.1. The molecule has 0 radical (unpaired) electrons. The summed E-state index contributed by atoms with van der Waals surface area (Å²) >= 11 is 0. The Morgan fingerprint density at radius 2 is 1.90 bits per heavy atom. The summed E-state index contributed by atoms with van der Waals surface area (Å²) in [6.45, 7) is 3.15. The first-order valence-corrected chi connectivity index (χ1v) is 6.93. The van der Waals surface area contributed by atoms with Gasteiger partial charge in [-0.05, 0) is 13.3 Å². The molecular weight excluding hydrogens is 258 g/mol. The molecule has 0 spiro atoms. The van der Waals surface area contributed by atoms with Crippen LogP contribution in [0.25, 0.3) is 0 Å². The molecule has 2 aliphatic heterocycles. The van der Waals surface area contributed by atoms with E-state index in [2.05, 4.69) is 0 Å². The minimum Gasteiger partial charge on any atom is -0.493 e. The van der Waals surface area contributed by atoms with Crippen LogP contribution in [0.15, 0.2) is 0 Å². The highest BCUT2D eigenvalue weighted by Crippen LogP contribution is 2.45. The number of hydrogen-bond acceptors (Lipinski definition) is 5. The molecule has 108 valence electrons. The molecule has 0 fully saturated rings. The van der Waals surface area contributed by atoms with Gasteiger partial charge in [0.05, 0.1) is 20.3 Å². The molecule has 3 rings (SSSR count). The lowest BCUT2D eigenvalue weighted by Crippen LogP contribution is -2.19. The number of carbonyl (C=O) groups is 1. The monoisotopic (exact) mass is 277 g/mol. The van der Waals surface area contributed by atoms with Gasteiger partial charge in [-0.15, -0.1) is 0 Å². The predicted molar refractivity (Wildman–Crippen MR) is 73.5 cm³/mol. The number of hydrogen-bond donors (Lipinski definition) is 1. The molecule has 1 aromatic carbocycles. The number of methoxy groups -OCH3 is 1. The van der Waals surface area contributed by atoms with Crippen molar-refractivity contribution in [1.82, 2.24) is 0 Å². The van der Waals surface area contributed by atoms with E-state index in [4.69, 9.17) is 19.9 Å². The van der Waals surface area contributed by atoms with Crippen LogP contribution in [0.3, 0.4) is 0 Å². The number of carbonyl (C=O) groups excluding carboxylic acids is 1. The first-order chi connectivity index (χ1) is 9.63. The third-order valence-electron chi connectivity index (χ3n) is 3.83. The summed E-state index contributed by atoms with van der Waals surface area (Å²) in [7, 11) is 1.39. The van der Waals surface area contributed by atoms with Crippen molar-refractivity contribution in [1.29, 1.82) is 0 Å². The van der Waals surface area contributed by atoms with Crippen molar-refractivity contribution >= 4 is 5.97 Å². The van der Waals surface area contributed by atoms with Gasteiger partial charge in [-0.2, -0.15) is 0 Å². The fourth-order valence-electron chi connectivity index (χ4n) is 3.06. The van der Waals surface area contributed by atoms with Gasteiger partial charge in [-0.3, -0.25) is 0 Å². The molecular formula is C15H19NO4. The summed E-state index contributed by atoms with van der Waals surface area (Å²) in [5.41, 5.74) is 9.56. The maximum Gasteiger partial charge on any atom is 0.342 e. The Kier molecular flexibility index (Phi) is 3.30. The molecule has 0 unspecified atom stereocenters. The van der Waals surface area contributed by atoms with E-state index in [1.807, 2.05) is 6.92 Å². The number of ether oxygens (including phenoxy) is 3. The van der Waals surface area contributed by atoms with E-state index in [-0.39, 0.29) is 12.0 Å². The minimum absolute atomic E-state index is 0.0389. The van der Waals surface area contributed by atoms with Gasteiger partial charge in [-0.1, -0.05) is 0 Å². The van der Waals surface area contributed by atoms with Gasteiger partial charge < -0.3 is 19.9 Å². The lowest BCUT2D eigenvalue weighted by molar-refractivity contribution is 0.0596. The second kappa shape index (κ2) is 4.98. The van der Waals surface area contributed by atoms with Crippen molar-refractivity contribution < 1.29 is 19.0 Å². The van der Waals surface area contributed by atoms with Gasteiger partial charge in [0.2, 0.25) is 0 Å². The third kappa shape index (κ3) is 1.93. The SMILES string of the molecule is COC(=O)c1c2c(c(C[C@@H](C)N)c3c1OCC3)OCC2. The summed E-state index contributed by atoms with van der Waals surface area (Å²) in [6, 6.07) is 0.0389. The lowest BCUT2D eigenvalue weighted by Gasteiger charge is -2.17. The average Bonchev–Trinajstić information content (AvgIpc) is 3.05. The largest absolute Gasteiger partial charge is 0.493 e. The normalized spacial score (nSPS) is 16.9. The van der Waals surface area contributed by atoms with Gasteiger partial charge in [0.15, 0.2) is 0 Å².